The number of carbonyl (C=O) groups is 1. The molecule has 0 radical (unpaired) electrons. The lowest BCUT2D eigenvalue weighted by Gasteiger charge is -2.30. The van der Waals surface area contributed by atoms with E-state index in [1.807, 2.05) is 0 Å². The largest absolute Gasteiger partial charge is 0.507 e. The van der Waals surface area contributed by atoms with Crippen LogP contribution in [0.3, 0.4) is 0 Å². The number of ether oxygens (including phenoxy) is 1. The van der Waals surface area contributed by atoms with Crippen molar-refractivity contribution in [2.24, 2.45) is 0 Å². The molecule has 3 rings (SSSR count). The summed E-state index contributed by atoms with van der Waals surface area (Å²) in [5.74, 6) is -2.25. The minimum absolute atomic E-state index is 0.0475. The molecule has 3 aromatic rings. The number of anilines is 1. The van der Waals surface area contributed by atoms with E-state index >= 15 is 0 Å². The molecule has 7 nitrogen and oxygen atoms in total. The zero-order valence-electron chi connectivity index (χ0n) is 18.7. The summed E-state index contributed by atoms with van der Waals surface area (Å²) in [5.41, 5.74) is -1.24. The van der Waals surface area contributed by atoms with Crippen LogP contribution in [0.1, 0.15) is 35.3 Å². The van der Waals surface area contributed by atoms with Crippen LogP contribution in [0.15, 0.2) is 71.6 Å². The molecule has 0 aliphatic carbocycles. The molecule has 0 spiro atoms. The number of hydrogen-bond donors (Lipinski definition) is 2. The fourth-order valence-electron chi connectivity index (χ4n) is 3.39. The first-order valence-corrected chi connectivity index (χ1v) is 11.7. The van der Waals surface area contributed by atoms with Crippen molar-refractivity contribution in [2.75, 3.05) is 4.31 Å². The monoisotopic (exact) mass is 509 g/mol. The van der Waals surface area contributed by atoms with Crippen LogP contribution in [-0.4, -0.2) is 30.6 Å². The normalized spacial score (nSPS) is 11.9. The van der Waals surface area contributed by atoms with Crippen LogP contribution in [0, 0.1) is 0 Å². The van der Waals surface area contributed by atoms with Gasteiger partial charge in [0, 0.05) is 6.04 Å². The van der Waals surface area contributed by atoms with Crippen molar-refractivity contribution in [1.29, 1.82) is 0 Å². The van der Waals surface area contributed by atoms with Crippen LogP contribution in [0.25, 0.3) is 0 Å². The molecule has 0 fully saturated rings. The highest BCUT2D eigenvalue weighted by atomic mass is 32.2. The van der Waals surface area contributed by atoms with Crippen LogP contribution >= 0.6 is 0 Å². The molecular formula is C24H22F3NO6S. The number of carboxylic acid groups (broad SMARTS) is 1. The van der Waals surface area contributed by atoms with Crippen LogP contribution in [0.5, 0.6) is 11.5 Å². The molecular weight excluding hydrogens is 487 g/mol. The molecule has 35 heavy (non-hydrogen) atoms. The molecule has 0 atom stereocenters. The fourth-order valence-corrected chi connectivity index (χ4v) is 5.08. The first-order valence-electron chi connectivity index (χ1n) is 10.3. The third kappa shape index (κ3) is 5.68. The van der Waals surface area contributed by atoms with Gasteiger partial charge < -0.3 is 14.9 Å². The molecule has 0 saturated heterocycles. The number of aromatic hydroxyl groups is 1. The standard InChI is InChI=1S/C24H22F3NO6S/c1-15(2)28(35(32,33)18-6-4-3-5-7-18)20-11-9-17(24(25,26)27)13-22(20)34-14-16-8-10-19(23(30)31)21(29)12-16/h3-13,15,29H,14H2,1-2H3,(H,30,31). The smallest absolute Gasteiger partial charge is 0.416 e. The van der Waals surface area contributed by atoms with E-state index in [0.29, 0.717) is 6.07 Å². The Morgan fingerprint density at radius 2 is 1.69 bits per heavy atom. The van der Waals surface area contributed by atoms with Gasteiger partial charge in [0.05, 0.1) is 16.1 Å². The first kappa shape index (κ1) is 25.9. The van der Waals surface area contributed by atoms with Gasteiger partial charge >= 0.3 is 12.1 Å². The molecule has 3 aromatic carbocycles. The Balaban J connectivity index is 2.07. The van der Waals surface area contributed by atoms with Gasteiger partial charge in [-0.15, -0.1) is 0 Å². The molecule has 0 heterocycles. The number of nitrogens with zero attached hydrogens (tertiary/aromatic N) is 1. The first-order chi connectivity index (χ1) is 16.3. The zero-order chi connectivity index (χ0) is 26.0. The third-order valence-electron chi connectivity index (χ3n) is 4.98. The van der Waals surface area contributed by atoms with Gasteiger partial charge in [0.25, 0.3) is 10.0 Å². The number of rotatable bonds is 8. The second kappa shape index (κ2) is 9.87. The molecule has 0 aliphatic rings. The van der Waals surface area contributed by atoms with Gasteiger partial charge in [-0.1, -0.05) is 24.3 Å². The second-order valence-electron chi connectivity index (χ2n) is 7.83. The molecule has 0 aliphatic heterocycles. The Kier molecular flexibility index (Phi) is 7.30. The molecule has 0 unspecified atom stereocenters. The van der Waals surface area contributed by atoms with Crippen LogP contribution in [-0.2, 0) is 22.8 Å². The maximum Gasteiger partial charge on any atom is 0.416 e. The molecule has 11 heteroatoms. The maximum absolute atomic E-state index is 13.4. The lowest BCUT2D eigenvalue weighted by molar-refractivity contribution is -0.137. The van der Waals surface area contributed by atoms with Crippen molar-refractivity contribution < 1.29 is 41.3 Å². The highest BCUT2D eigenvalue weighted by Gasteiger charge is 2.34. The Bertz CT molecular complexity index is 1320. The predicted molar refractivity (Wildman–Crippen MR) is 122 cm³/mol. The average molecular weight is 510 g/mol. The summed E-state index contributed by atoms with van der Waals surface area (Å²) in [5, 5.41) is 18.9. The number of halogens is 3. The van der Waals surface area contributed by atoms with Gasteiger partial charge in [-0.05, 0) is 61.9 Å². The van der Waals surface area contributed by atoms with Crippen molar-refractivity contribution in [3.63, 3.8) is 0 Å². The van der Waals surface area contributed by atoms with Crippen LogP contribution in [0.2, 0.25) is 0 Å². The lowest BCUT2D eigenvalue weighted by Crippen LogP contribution is -2.37. The number of alkyl halides is 3. The van der Waals surface area contributed by atoms with Crippen LogP contribution < -0.4 is 9.04 Å². The number of hydrogen-bond acceptors (Lipinski definition) is 5. The SMILES string of the molecule is CC(C)N(c1ccc(C(F)(F)F)cc1OCc1ccc(C(=O)O)c(O)c1)S(=O)(=O)c1ccccc1. The number of sulfonamides is 1. The summed E-state index contributed by atoms with van der Waals surface area (Å²) in [7, 11) is -4.16. The van der Waals surface area contributed by atoms with Gasteiger partial charge in [0.15, 0.2) is 0 Å². The van der Waals surface area contributed by atoms with Crippen molar-refractivity contribution >= 4 is 21.7 Å². The summed E-state index contributed by atoms with van der Waals surface area (Å²) in [6.45, 7) is 2.79. The predicted octanol–water partition coefficient (Wildman–Crippen LogP) is 5.29. The highest BCUT2D eigenvalue weighted by molar-refractivity contribution is 7.92. The van der Waals surface area contributed by atoms with Gasteiger partial charge in [0.1, 0.15) is 23.7 Å². The van der Waals surface area contributed by atoms with Crippen molar-refractivity contribution in [3.8, 4) is 11.5 Å². The van der Waals surface area contributed by atoms with E-state index in [2.05, 4.69) is 0 Å². The third-order valence-corrected chi connectivity index (χ3v) is 6.98. The topological polar surface area (TPSA) is 104 Å². The zero-order valence-corrected chi connectivity index (χ0v) is 19.5. The van der Waals surface area contributed by atoms with Crippen LogP contribution in [0.4, 0.5) is 18.9 Å². The summed E-state index contributed by atoms with van der Waals surface area (Å²) in [4.78, 5) is 11.0. The Hall–Kier alpha value is -3.73. The quantitative estimate of drug-likeness (QED) is 0.428. The van der Waals surface area contributed by atoms with E-state index < -0.39 is 39.5 Å². The molecule has 0 aromatic heterocycles. The second-order valence-corrected chi connectivity index (χ2v) is 9.65. The number of aromatic carboxylic acids is 1. The van der Waals surface area contributed by atoms with Gasteiger partial charge in [-0.3, -0.25) is 4.31 Å². The maximum atomic E-state index is 13.4. The number of phenols is 1. The Labute approximate surface area is 200 Å². The van der Waals surface area contributed by atoms with Crippen molar-refractivity contribution in [2.45, 2.75) is 37.6 Å². The summed E-state index contributed by atoms with van der Waals surface area (Å²) >= 11 is 0. The molecule has 2 N–H and O–H groups in total. The number of benzene rings is 3. The van der Waals surface area contributed by atoms with Gasteiger partial charge in [0.2, 0.25) is 0 Å². The highest BCUT2D eigenvalue weighted by Crippen LogP contribution is 2.40. The van der Waals surface area contributed by atoms with Crippen molar-refractivity contribution in [3.05, 3.63) is 83.4 Å². The summed E-state index contributed by atoms with van der Waals surface area (Å²) in [6.07, 6.45) is -4.71. The Morgan fingerprint density at radius 3 is 2.23 bits per heavy atom. The fraction of sp³-hybridized carbons (Fsp3) is 0.208. The molecule has 186 valence electrons. The summed E-state index contributed by atoms with van der Waals surface area (Å²) < 4.78 is 73.6. The van der Waals surface area contributed by atoms with E-state index in [0.717, 1.165) is 28.6 Å². The summed E-state index contributed by atoms with van der Waals surface area (Å²) in [6, 6.07) is 12.8. The van der Waals surface area contributed by atoms with E-state index in [9.17, 15) is 31.5 Å². The van der Waals surface area contributed by atoms with E-state index in [1.165, 1.54) is 30.3 Å². The van der Waals surface area contributed by atoms with Gasteiger partial charge in [-0.2, -0.15) is 13.2 Å². The average Bonchev–Trinajstić information content (AvgIpc) is 2.77. The van der Waals surface area contributed by atoms with Gasteiger partial charge in [-0.25, -0.2) is 13.2 Å². The lowest BCUT2D eigenvalue weighted by atomic mass is 10.1. The molecule has 0 amide bonds. The molecule has 0 saturated carbocycles. The van der Waals surface area contributed by atoms with Crippen molar-refractivity contribution in [1.82, 2.24) is 0 Å². The minimum atomic E-state index is -4.71. The minimum Gasteiger partial charge on any atom is -0.507 e. The van der Waals surface area contributed by atoms with E-state index in [1.54, 1.807) is 19.9 Å². The van der Waals surface area contributed by atoms with E-state index in [-0.39, 0.29) is 34.1 Å². The van der Waals surface area contributed by atoms with E-state index in [4.69, 9.17) is 9.84 Å². The molecule has 0 bridgehead atoms. The Morgan fingerprint density at radius 1 is 1.03 bits per heavy atom. The number of carboxylic acids is 1.